The monoisotopic (exact) mass is 385 g/mol. The molecule has 3 rings (SSSR count). The fourth-order valence-electron chi connectivity index (χ4n) is 2.82. The van der Waals surface area contributed by atoms with Gasteiger partial charge in [-0.1, -0.05) is 11.6 Å². The summed E-state index contributed by atoms with van der Waals surface area (Å²) in [6.07, 6.45) is 1.46. The van der Waals surface area contributed by atoms with Crippen molar-refractivity contribution in [2.45, 2.75) is 13.0 Å². The number of carbonyl (C=O) groups is 1. The number of ether oxygens (including phenoxy) is 1. The molecule has 1 aromatic heterocycles. The highest BCUT2D eigenvalue weighted by Crippen LogP contribution is 2.31. The Hall–Kier alpha value is -2.99. The molecule has 7 heteroatoms. The first-order valence-electron chi connectivity index (χ1n) is 8.23. The predicted molar refractivity (Wildman–Crippen MR) is 102 cm³/mol. The Balaban J connectivity index is 2.03. The molecular weight excluding hydrogens is 369 g/mol. The van der Waals surface area contributed by atoms with E-state index < -0.39 is 6.04 Å². The van der Waals surface area contributed by atoms with Gasteiger partial charge in [-0.2, -0.15) is 0 Å². The molecule has 1 unspecified atom stereocenters. The molecule has 2 aromatic carbocycles. The van der Waals surface area contributed by atoms with Crippen molar-refractivity contribution >= 4 is 23.8 Å². The van der Waals surface area contributed by atoms with Gasteiger partial charge in [-0.25, -0.2) is 14.4 Å². The Bertz CT molecular complexity index is 918. The van der Waals surface area contributed by atoms with Gasteiger partial charge in [0, 0.05) is 27.5 Å². The minimum absolute atomic E-state index is 0.0779. The zero-order valence-corrected chi connectivity index (χ0v) is 15.3. The molecule has 0 saturated carbocycles. The van der Waals surface area contributed by atoms with Crippen molar-refractivity contribution in [3.63, 3.8) is 0 Å². The molecule has 1 N–H and O–H groups in total. The lowest BCUT2D eigenvalue weighted by Crippen LogP contribution is -2.20. The van der Waals surface area contributed by atoms with Gasteiger partial charge in [0.05, 0.1) is 11.7 Å². The van der Waals surface area contributed by atoms with Crippen molar-refractivity contribution < 1.29 is 13.9 Å². The zero-order chi connectivity index (χ0) is 19.2. The number of halogens is 2. The van der Waals surface area contributed by atoms with Crippen LogP contribution in [0.2, 0.25) is 5.02 Å². The molecule has 0 fully saturated rings. The number of anilines is 1. The van der Waals surface area contributed by atoms with Gasteiger partial charge in [0.25, 0.3) is 6.47 Å². The maximum absolute atomic E-state index is 13.3. The van der Waals surface area contributed by atoms with E-state index in [2.05, 4.69) is 15.3 Å². The van der Waals surface area contributed by atoms with Crippen molar-refractivity contribution in [1.29, 1.82) is 0 Å². The summed E-state index contributed by atoms with van der Waals surface area (Å²) in [5.41, 5.74) is 3.67. The molecule has 138 valence electrons. The summed E-state index contributed by atoms with van der Waals surface area (Å²) in [5, 5.41) is 3.94. The molecule has 0 aliphatic heterocycles. The molecule has 1 heterocycles. The van der Waals surface area contributed by atoms with Crippen LogP contribution >= 0.6 is 11.6 Å². The second-order valence-corrected chi connectivity index (χ2v) is 6.30. The van der Waals surface area contributed by atoms with Crippen molar-refractivity contribution in [3.8, 4) is 11.3 Å². The third-order valence-corrected chi connectivity index (χ3v) is 4.32. The van der Waals surface area contributed by atoms with Crippen LogP contribution in [0.5, 0.6) is 0 Å². The number of nitrogens with one attached hydrogen (secondary N) is 1. The average molecular weight is 386 g/mol. The predicted octanol–water partition coefficient (Wildman–Crippen LogP) is 4.57. The minimum atomic E-state index is -0.405. The van der Waals surface area contributed by atoms with E-state index in [1.807, 2.05) is 19.1 Å². The van der Waals surface area contributed by atoms with Gasteiger partial charge < -0.3 is 10.1 Å². The van der Waals surface area contributed by atoms with Gasteiger partial charge in [-0.05, 0) is 55.5 Å². The third kappa shape index (κ3) is 4.60. The van der Waals surface area contributed by atoms with E-state index in [9.17, 15) is 9.18 Å². The van der Waals surface area contributed by atoms with Crippen LogP contribution in [0.1, 0.15) is 17.3 Å². The maximum atomic E-state index is 13.3. The molecule has 0 saturated heterocycles. The van der Waals surface area contributed by atoms with E-state index in [-0.39, 0.29) is 12.4 Å². The van der Waals surface area contributed by atoms with Crippen molar-refractivity contribution in [1.82, 2.24) is 9.97 Å². The molecule has 1 atom stereocenters. The molecule has 0 amide bonds. The largest absolute Gasteiger partial charge is 0.465 e. The summed E-state index contributed by atoms with van der Waals surface area (Å²) in [4.78, 5) is 19.4. The standard InChI is InChI=1S/C20H17ClFN3O2/c1-13-19(20(24-11-23-13)14-2-6-16(22)7-3-14)18(10-27-12-26)25-17-8-4-15(21)5-9-17/h2-9,11-12,18,25H,10H2,1H3. The molecule has 0 radical (unpaired) electrons. The van der Waals surface area contributed by atoms with Crippen LogP contribution in [0.25, 0.3) is 11.3 Å². The van der Waals surface area contributed by atoms with Crippen LogP contribution in [0.4, 0.5) is 10.1 Å². The second-order valence-electron chi connectivity index (χ2n) is 5.86. The van der Waals surface area contributed by atoms with Gasteiger partial charge in [0.15, 0.2) is 0 Å². The molecule has 0 bridgehead atoms. The van der Waals surface area contributed by atoms with Crippen molar-refractivity contribution in [2.24, 2.45) is 0 Å². The van der Waals surface area contributed by atoms with Gasteiger partial charge >= 0.3 is 0 Å². The lowest BCUT2D eigenvalue weighted by Gasteiger charge is -2.23. The molecule has 3 aromatic rings. The molecule has 5 nitrogen and oxygen atoms in total. The van der Waals surface area contributed by atoms with Crippen LogP contribution in [0, 0.1) is 12.7 Å². The minimum Gasteiger partial charge on any atom is -0.465 e. The summed E-state index contributed by atoms with van der Waals surface area (Å²) in [6.45, 7) is 2.32. The molecule has 27 heavy (non-hydrogen) atoms. The third-order valence-electron chi connectivity index (χ3n) is 4.07. The molecule has 0 aliphatic carbocycles. The lowest BCUT2D eigenvalue weighted by atomic mass is 9.98. The van der Waals surface area contributed by atoms with E-state index in [1.54, 1.807) is 24.3 Å². The van der Waals surface area contributed by atoms with Gasteiger partial charge in [-0.3, -0.25) is 4.79 Å². The quantitative estimate of drug-likeness (QED) is 0.603. The van der Waals surface area contributed by atoms with E-state index in [0.717, 1.165) is 22.5 Å². The Kier molecular flexibility index (Phi) is 5.98. The first-order chi connectivity index (χ1) is 13.1. The van der Waals surface area contributed by atoms with E-state index in [1.165, 1.54) is 18.5 Å². The van der Waals surface area contributed by atoms with Crippen LogP contribution in [-0.4, -0.2) is 23.0 Å². The summed E-state index contributed by atoms with van der Waals surface area (Å²) in [7, 11) is 0. The Morgan fingerprint density at radius 1 is 1.15 bits per heavy atom. The highest BCUT2D eigenvalue weighted by atomic mass is 35.5. The normalized spacial score (nSPS) is 11.7. The van der Waals surface area contributed by atoms with Gasteiger partial charge in [0.1, 0.15) is 18.8 Å². The number of benzene rings is 2. The van der Waals surface area contributed by atoms with Gasteiger partial charge in [-0.15, -0.1) is 0 Å². The SMILES string of the molecule is Cc1ncnc(-c2ccc(F)cc2)c1C(COC=O)Nc1ccc(Cl)cc1. The van der Waals surface area contributed by atoms with Gasteiger partial charge in [0.2, 0.25) is 0 Å². The highest BCUT2D eigenvalue weighted by molar-refractivity contribution is 6.30. The van der Waals surface area contributed by atoms with E-state index in [4.69, 9.17) is 16.3 Å². The topological polar surface area (TPSA) is 64.1 Å². The van der Waals surface area contributed by atoms with Crippen molar-refractivity contribution in [3.05, 3.63) is 77.0 Å². The Labute approximate surface area is 161 Å². The number of hydrogen-bond acceptors (Lipinski definition) is 5. The number of hydrogen-bond donors (Lipinski definition) is 1. The fraction of sp³-hybridized carbons (Fsp3) is 0.150. The summed E-state index contributed by atoms with van der Waals surface area (Å²) in [5.74, 6) is -0.328. The lowest BCUT2D eigenvalue weighted by molar-refractivity contribution is -0.129. The summed E-state index contributed by atoms with van der Waals surface area (Å²) in [6, 6.07) is 12.8. The molecule has 0 spiro atoms. The fourth-order valence-corrected chi connectivity index (χ4v) is 2.94. The number of carbonyl (C=O) groups excluding carboxylic acids is 1. The average Bonchev–Trinajstić information content (AvgIpc) is 2.67. The van der Waals surface area contributed by atoms with Crippen LogP contribution in [0.15, 0.2) is 54.9 Å². The van der Waals surface area contributed by atoms with E-state index >= 15 is 0 Å². The Morgan fingerprint density at radius 3 is 2.52 bits per heavy atom. The maximum Gasteiger partial charge on any atom is 0.293 e. The van der Waals surface area contributed by atoms with Crippen LogP contribution in [-0.2, 0) is 9.53 Å². The smallest absolute Gasteiger partial charge is 0.293 e. The van der Waals surface area contributed by atoms with Crippen LogP contribution < -0.4 is 5.32 Å². The number of rotatable bonds is 7. The summed E-state index contributed by atoms with van der Waals surface area (Å²) >= 11 is 5.94. The number of aromatic nitrogens is 2. The zero-order valence-electron chi connectivity index (χ0n) is 14.5. The first kappa shape index (κ1) is 18.8. The molecule has 0 aliphatic rings. The number of aryl methyl sites for hydroxylation is 1. The molecular formula is C20H17ClFN3O2. The highest BCUT2D eigenvalue weighted by Gasteiger charge is 2.21. The van der Waals surface area contributed by atoms with E-state index in [0.29, 0.717) is 17.2 Å². The first-order valence-corrected chi connectivity index (χ1v) is 8.61. The summed E-state index contributed by atoms with van der Waals surface area (Å²) < 4.78 is 18.3. The van der Waals surface area contributed by atoms with Crippen LogP contribution in [0.3, 0.4) is 0 Å². The Morgan fingerprint density at radius 2 is 1.85 bits per heavy atom. The number of nitrogens with zero attached hydrogens (tertiary/aromatic N) is 2. The second kappa shape index (κ2) is 8.60. The van der Waals surface area contributed by atoms with Crippen molar-refractivity contribution in [2.75, 3.05) is 11.9 Å².